The molecule has 0 aliphatic rings. The molecular weight excluding hydrogens is 100 g/mol. The zero-order valence-corrected chi connectivity index (χ0v) is 7.62. The summed E-state index contributed by atoms with van der Waals surface area (Å²) in [5.74, 6) is 0. The molecule has 0 bridgehead atoms. The van der Waals surface area contributed by atoms with Crippen LogP contribution >= 0.6 is 0 Å². The Balaban J connectivity index is 3.36. The van der Waals surface area contributed by atoms with E-state index < -0.39 is 0 Å². The highest BCUT2D eigenvalue weighted by Crippen LogP contribution is 2.22. The van der Waals surface area contributed by atoms with Crippen LogP contribution in [0.2, 0.25) is 6.04 Å². The molecule has 0 amide bonds. The molecule has 0 aliphatic heterocycles. The van der Waals surface area contributed by atoms with E-state index >= 15 is 0 Å². The van der Waals surface area contributed by atoms with Gasteiger partial charge in [0.05, 0.1) is 0 Å². The molecule has 1 heteroatoms. The molecule has 0 fully saturated rings. The van der Waals surface area contributed by atoms with Crippen molar-refractivity contribution in [3.05, 3.63) is 6.92 Å². The highest BCUT2D eigenvalue weighted by molar-refractivity contribution is 6.08. The first-order valence-corrected chi connectivity index (χ1v) is 4.33. The Hall–Kier alpha value is 0.217. The normalized spacial score (nSPS) is 12.4. The quantitative estimate of drug-likeness (QED) is 0.471. The van der Waals surface area contributed by atoms with Gasteiger partial charge in [0.25, 0.3) is 0 Å². The maximum Gasteiger partial charge on any atom is 0.00347 e. The molecule has 0 saturated heterocycles. The van der Waals surface area contributed by atoms with Gasteiger partial charge in [-0.05, 0) is 11.8 Å². The summed E-state index contributed by atoms with van der Waals surface area (Å²) in [7, 11) is 1.32. The third-order valence-electron chi connectivity index (χ3n) is 1.63. The minimum absolute atomic E-state index is 0.534. The summed E-state index contributed by atoms with van der Waals surface area (Å²) < 4.78 is 0. The average molecular weight is 115 g/mol. The largest absolute Gasteiger partial charge is 0.0608 e. The van der Waals surface area contributed by atoms with Crippen LogP contribution in [0.15, 0.2) is 0 Å². The van der Waals surface area contributed by atoms with Gasteiger partial charge in [0.1, 0.15) is 0 Å². The second-order valence-electron chi connectivity index (χ2n) is 2.77. The van der Waals surface area contributed by atoms with Crippen molar-refractivity contribution in [2.24, 2.45) is 5.41 Å². The third kappa shape index (κ3) is 2.86. The van der Waals surface area contributed by atoms with Crippen molar-refractivity contribution in [3.8, 4) is 0 Å². The second kappa shape index (κ2) is 2.51. The van der Waals surface area contributed by atoms with Gasteiger partial charge in [0, 0.05) is 10.2 Å². The molecule has 1 radical (unpaired) electrons. The van der Waals surface area contributed by atoms with E-state index in [1.165, 1.54) is 16.3 Å². The molecule has 7 heavy (non-hydrogen) atoms. The number of hydrogen-bond acceptors (Lipinski definition) is 0. The summed E-state index contributed by atoms with van der Waals surface area (Å²) in [6.07, 6.45) is 1.08. The molecule has 0 N–H and O–H groups in total. The zero-order chi connectivity index (χ0) is 5.91. The minimum Gasteiger partial charge on any atom is -0.0608 e. The van der Waals surface area contributed by atoms with E-state index in [9.17, 15) is 0 Å². The summed E-state index contributed by atoms with van der Waals surface area (Å²) >= 11 is 0. The van der Waals surface area contributed by atoms with Gasteiger partial charge < -0.3 is 0 Å². The van der Waals surface area contributed by atoms with Crippen LogP contribution in [-0.4, -0.2) is 10.2 Å². The van der Waals surface area contributed by atoms with E-state index in [1.54, 1.807) is 0 Å². The Morgan fingerprint density at radius 1 is 1.57 bits per heavy atom. The minimum atomic E-state index is 0.534. The van der Waals surface area contributed by atoms with Gasteiger partial charge >= 0.3 is 0 Å². The van der Waals surface area contributed by atoms with E-state index in [1.807, 2.05) is 0 Å². The lowest BCUT2D eigenvalue weighted by Gasteiger charge is -2.18. The lowest BCUT2D eigenvalue weighted by molar-refractivity contribution is 0.419. The molecular formula is C6H15Si. The van der Waals surface area contributed by atoms with E-state index in [2.05, 4.69) is 20.8 Å². The Bertz CT molecular complexity index is 42.1. The highest BCUT2D eigenvalue weighted by Gasteiger charge is 2.09. The first-order valence-electron chi connectivity index (χ1n) is 2.91. The smallest absolute Gasteiger partial charge is 0.00347 e. The fourth-order valence-corrected chi connectivity index (χ4v) is 0.530. The molecule has 0 aromatic carbocycles. The van der Waals surface area contributed by atoms with E-state index in [0.717, 1.165) is 6.42 Å². The Labute approximate surface area is 49.7 Å². The van der Waals surface area contributed by atoms with Crippen molar-refractivity contribution in [1.82, 2.24) is 0 Å². The SMILES string of the molecule is [CH2]CC(C)(C)C[SiH3]. The van der Waals surface area contributed by atoms with Gasteiger partial charge in [0.15, 0.2) is 0 Å². The topological polar surface area (TPSA) is 0 Å². The van der Waals surface area contributed by atoms with Crippen LogP contribution in [0.3, 0.4) is 0 Å². The van der Waals surface area contributed by atoms with Gasteiger partial charge in [-0.3, -0.25) is 0 Å². The summed E-state index contributed by atoms with van der Waals surface area (Å²) in [6, 6.07) is 1.37. The van der Waals surface area contributed by atoms with Crippen LogP contribution in [-0.2, 0) is 0 Å². The predicted octanol–water partition coefficient (Wildman–Crippen LogP) is 1.02. The van der Waals surface area contributed by atoms with Crippen molar-refractivity contribution in [2.45, 2.75) is 26.3 Å². The van der Waals surface area contributed by atoms with Crippen LogP contribution in [0.5, 0.6) is 0 Å². The fraction of sp³-hybridized carbons (Fsp3) is 0.833. The van der Waals surface area contributed by atoms with Crippen molar-refractivity contribution in [3.63, 3.8) is 0 Å². The molecule has 0 nitrogen and oxygen atoms in total. The van der Waals surface area contributed by atoms with E-state index in [-0.39, 0.29) is 0 Å². The number of rotatable bonds is 2. The van der Waals surface area contributed by atoms with Crippen molar-refractivity contribution in [2.75, 3.05) is 0 Å². The highest BCUT2D eigenvalue weighted by atomic mass is 28.1. The van der Waals surface area contributed by atoms with Gasteiger partial charge in [-0.1, -0.05) is 26.8 Å². The zero-order valence-electron chi connectivity index (χ0n) is 5.62. The monoisotopic (exact) mass is 115 g/mol. The maximum absolute atomic E-state index is 3.85. The lowest BCUT2D eigenvalue weighted by Crippen LogP contribution is -2.07. The molecule has 0 rings (SSSR count). The van der Waals surface area contributed by atoms with Gasteiger partial charge in [-0.2, -0.15) is 0 Å². The molecule has 0 aromatic rings. The molecule has 0 heterocycles. The van der Waals surface area contributed by atoms with Crippen LogP contribution in [0.25, 0.3) is 0 Å². The summed E-state index contributed by atoms with van der Waals surface area (Å²) in [5, 5.41) is 0. The van der Waals surface area contributed by atoms with Crippen LogP contribution in [0, 0.1) is 12.3 Å². The number of hydrogen-bond donors (Lipinski definition) is 0. The summed E-state index contributed by atoms with van der Waals surface area (Å²) in [6.45, 7) is 8.39. The Morgan fingerprint density at radius 3 is 2.00 bits per heavy atom. The van der Waals surface area contributed by atoms with Crippen molar-refractivity contribution < 1.29 is 0 Å². The predicted molar refractivity (Wildman–Crippen MR) is 38.5 cm³/mol. The second-order valence-corrected chi connectivity index (χ2v) is 3.47. The average Bonchev–Trinajstić information content (AvgIpc) is 1.68. The summed E-state index contributed by atoms with van der Waals surface area (Å²) in [5.41, 5.74) is 0.534. The summed E-state index contributed by atoms with van der Waals surface area (Å²) in [4.78, 5) is 0. The molecule has 0 spiro atoms. The van der Waals surface area contributed by atoms with Crippen LogP contribution < -0.4 is 0 Å². The standard InChI is InChI=1S/C6H15Si/c1-4-6(2,3)5-7/h1,4-5H2,2-3,7H3. The van der Waals surface area contributed by atoms with Crippen molar-refractivity contribution in [1.29, 1.82) is 0 Å². The molecule has 0 unspecified atom stereocenters. The van der Waals surface area contributed by atoms with Gasteiger partial charge in [-0.15, -0.1) is 0 Å². The Kier molecular flexibility index (Phi) is 2.58. The third-order valence-corrected chi connectivity index (χ3v) is 3.55. The molecule has 0 aromatic heterocycles. The lowest BCUT2D eigenvalue weighted by atomic mass is 9.93. The Morgan fingerprint density at radius 2 is 2.00 bits per heavy atom. The van der Waals surface area contributed by atoms with E-state index in [4.69, 9.17) is 0 Å². The molecule has 0 saturated carbocycles. The van der Waals surface area contributed by atoms with Crippen LogP contribution in [0.4, 0.5) is 0 Å². The maximum atomic E-state index is 3.85. The first kappa shape index (κ1) is 7.22. The van der Waals surface area contributed by atoms with Crippen LogP contribution in [0.1, 0.15) is 20.3 Å². The first-order chi connectivity index (χ1) is 3.12. The molecule has 0 atom stereocenters. The fourth-order valence-electron chi connectivity index (χ4n) is 0.177. The van der Waals surface area contributed by atoms with Crippen molar-refractivity contribution >= 4 is 10.2 Å². The van der Waals surface area contributed by atoms with Gasteiger partial charge in [-0.25, -0.2) is 0 Å². The van der Waals surface area contributed by atoms with E-state index in [0.29, 0.717) is 5.41 Å². The van der Waals surface area contributed by atoms with Gasteiger partial charge in [0.2, 0.25) is 0 Å². The molecule has 43 valence electrons. The molecule has 0 aliphatic carbocycles.